The van der Waals surface area contributed by atoms with Crippen molar-refractivity contribution in [2.75, 3.05) is 0 Å². The molecule has 8 heteroatoms. The minimum absolute atomic E-state index is 0.0623. The van der Waals surface area contributed by atoms with Crippen LogP contribution in [0.4, 0.5) is 0 Å². The highest BCUT2D eigenvalue weighted by atomic mass is 16.4. The maximum absolute atomic E-state index is 12.3. The Kier molecular flexibility index (Phi) is 2.75. The molecule has 0 bridgehead atoms. The van der Waals surface area contributed by atoms with Gasteiger partial charge in [-0.25, -0.2) is 9.36 Å². The van der Waals surface area contributed by atoms with Crippen LogP contribution in [-0.2, 0) is 6.54 Å². The van der Waals surface area contributed by atoms with Gasteiger partial charge in [-0.1, -0.05) is 0 Å². The molecule has 0 aliphatic heterocycles. The number of rotatable bonds is 3. The second-order valence-electron chi connectivity index (χ2n) is 4.68. The minimum atomic E-state index is -0.634. The molecule has 0 N–H and O–H groups in total. The molecule has 0 aromatic carbocycles. The van der Waals surface area contributed by atoms with Gasteiger partial charge in [-0.2, -0.15) is 5.26 Å². The summed E-state index contributed by atoms with van der Waals surface area (Å²) in [5.74, 6) is 0.520. The lowest BCUT2D eigenvalue weighted by Gasteiger charge is -2.08. The van der Waals surface area contributed by atoms with Crippen LogP contribution in [0.1, 0.15) is 36.2 Å². The van der Waals surface area contributed by atoms with Crippen LogP contribution in [0, 0.1) is 18.3 Å². The van der Waals surface area contributed by atoms with Crippen molar-refractivity contribution in [3.63, 3.8) is 0 Å². The second-order valence-corrected chi connectivity index (χ2v) is 4.68. The maximum Gasteiger partial charge on any atom is 0.331 e. The standard InChI is InChI=1S/C12H11N5O3/c1-7-14-15-10(20-7)6-17-11(18)8(4-13)5-16(12(17)19)9-2-3-9/h5,9H,2-3,6H2,1H3. The fourth-order valence-electron chi connectivity index (χ4n) is 1.99. The van der Waals surface area contributed by atoms with Crippen LogP contribution < -0.4 is 11.2 Å². The molecule has 8 nitrogen and oxygen atoms in total. The average Bonchev–Trinajstić information content (AvgIpc) is 3.18. The van der Waals surface area contributed by atoms with E-state index in [0.717, 1.165) is 17.4 Å². The summed E-state index contributed by atoms with van der Waals surface area (Å²) in [5, 5.41) is 16.4. The van der Waals surface area contributed by atoms with E-state index in [1.54, 1.807) is 6.92 Å². The molecule has 2 heterocycles. The first kappa shape index (κ1) is 12.3. The van der Waals surface area contributed by atoms with E-state index in [0.29, 0.717) is 5.89 Å². The van der Waals surface area contributed by atoms with Crippen LogP contribution in [-0.4, -0.2) is 19.3 Å². The summed E-state index contributed by atoms with van der Waals surface area (Å²) in [6.07, 6.45) is 3.09. The molecule has 0 atom stereocenters. The van der Waals surface area contributed by atoms with Crippen LogP contribution in [0.5, 0.6) is 0 Å². The Balaban J connectivity index is 2.13. The highest BCUT2D eigenvalue weighted by Gasteiger charge is 2.27. The number of aromatic nitrogens is 4. The Morgan fingerprint density at radius 2 is 2.20 bits per heavy atom. The van der Waals surface area contributed by atoms with E-state index < -0.39 is 11.2 Å². The van der Waals surface area contributed by atoms with Crippen LogP contribution >= 0.6 is 0 Å². The van der Waals surface area contributed by atoms with E-state index in [1.807, 2.05) is 6.07 Å². The lowest BCUT2D eigenvalue weighted by atomic mass is 10.3. The summed E-state index contributed by atoms with van der Waals surface area (Å²) in [4.78, 5) is 24.3. The third kappa shape index (κ3) is 2.03. The summed E-state index contributed by atoms with van der Waals surface area (Å²) in [6.45, 7) is 1.49. The van der Waals surface area contributed by atoms with Crippen LogP contribution in [0.25, 0.3) is 0 Å². The molecule has 0 saturated heterocycles. The van der Waals surface area contributed by atoms with Gasteiger partial charge in [0.15, 0.2) is 0 Å². The quantitative estimate of drug-likeness (QED) is 0.776. The van der Waals surface area contributed by atoms with Gasteiger partial charge in [-0.3, -0.25) is 9.36 Å². The van der Waals surface area contributed by atoms with Crippen LogP contribution in [0.3, 0.4) is 0 Å². The van der Waals surface area contributed by atoms with Crippen molar-refractivity contribution in [2.45, 2.75) is 32.4 Å². The van der Waals surface area contributed by atoms with Gasteiger partial charge in [0, 0.05) is 19.2 Å². The fraction of sp³-hybridized carbons (Fsp3) is 0.417. The van der Waals surface area contributed by atoms with Crippen molar-refractivity contribution in [3.05, 3.63) is 44.4 Å². The first-order valence-electron chi connectivity index (χ1n) is 6.15. The summed E-state index contributed by atoms with van der Waals surface area (Å²) in [6, 6.07) is 1.89. The number of hydrogen-bond donors (Lipinski definition) is 0. The smallest absolute Gasteiger partial charge is 0.331 e. The molecule has 1 saturated carbocycles. The third-order valence-corrected chi connectivity index (χ3v) is 3.12. The predicted molar refractivity (Wildman–Crippen MR) is 66.1 cm³/mol. The molecule has 0 amide bonds. The van der Waals surface area contributed by atoms with Crippen LogP contribution in [0.15, 0.2) is 20.2 Å². The van der Waals surface area contributed by atoms with Gasteiger partial charge in [0.05, 0.1) is 0 Å². The number of aryl methyl sites for hydroxylation is 1. The van der Waals surface area contributed by atoms with Gasteiger partial charge in [0.1, 0.15) is 18.2 Å². The van der Waals surface area contributed by atoms with Crippen LogP contribution in [0.2, 0.25) is 0 Å². The van der Waals surface area contributed by atoms with Crippen molar-refractivity contribution in [1.82, 2.24) is 19.3 Å². The SMILES string of the molecule is Cc1nnc(Cn2c(=O)c(C#N)cn(C3CC3)c2=O)o1. The van der Waals surface area contributed by atoms with Gasteiger partial charge in [-0.05, 0) is 12.8 Å². The molecule has 0 spiro atoms. The molecule has 3 rings (SSSR count). The molecule has 0 unspecified atom stereocenters. The first-order valence-corrected chi connectivity index (χ1v) is 6.15. The van der Waals surface area contributed by atoms with E-state index in [9.17, 15) is 9.59 Å². The Bertz CT molecular complexity index is 819. The second kappa shape index (κ2) is 4.45. The average molecular weight is 273 g/mol. The van der Waals surface area contributed by atoms with Crippen molar-refractivity contribution < 1.29 is 4.42 Å². The summed E-state index contributed by atoms with van der Waals surface area (Å²) >= 11 is 0. The van der Waals surface area contributed by atoms with Crippen molar-refractivity contribution in [2.24, 2.45) is 0 Å². The molecule has 1 aliphatic carbocycles. The Morgan fingerprint density at radius 1 is 1.45 bits per heavy atom. The summed E-state index contributed by atoms with van der Waals surface area (Å²) in [5.41, 5.74) is -1.15. The molecule has 1 fully saturated rings. The Labute approximate surface area is 112 Å². The largest absolute Gasteiger partial charge is 0.424 e. The lowest BCUT2D eigenvalue weighted by molar-refractivity contribution is 0.441. The number of nitriles is 1. The Morgan fingerprint density at radius 3 is 2.75 bits per heavy atom. The van der Waals surface area contributed by atoms with Crippen molar-refractivity contribution in [1.29, 1.82) is 5.26 Å². The van der Waals surface area contributed by atoms with Gasteiger partial charge >= 0.3 is 5.69 Å². The first-order chi connectivity index (χ1) is 9.60. The minimum Gasteiger partial charge on any atom is -0.424 e. The van der Waals surface area contributed by atoms with E-state index in [1.165, 1.54) is 10.8 Å². The molecule has 1 aliphatic rings. The monoisotopic (exact) mass is 273 g/mol. The topological polar surface area (TPSA) is 107 Å². The molecular formula is C12H11N5O3. The predicted octanol–water partition coefficient (Wildman–Crippen LogP) is -0.0437. The summed E-state index contributed by atoms with van der Waals surface area (Å²) < 4.78 is 7.57. The van der Waals surface area contributed by atoms with E-state index in [4.69, 9.17) is 9.68 Å². The molecular weight excluding hydrogens is 262 g/mol. The highest BCUT2D eigenvalue weighted by Crippen LogP contribution is 2.33. The lowest BCUT2D eigenvalue weighted by Crippen LogP contribution is -2.41. The zero-order valence-electron chi connectivity index (χ0n) is 10.7. The highest BCUT2D eigenvalue weighted by molar-refractivity contribution is 5.23. The molecule has 0 radical (unpaired) electrons. The number of hydrogen-bond acceptors (Lipinski definition) is 6. The molecule has 2 aromatic heterocycles. The normalized spacial score (nSPS) is 14.2. The summed E-state index contributed by atoms with van der Waals surface area (Å²) in [7, 11) is 0. The molecule has 2 aromatic rings. The van der Waals surface area contributed by atoms with Crippen molar-refractivity contribution >= 4 is 0 Å². The van der Waals surface area contributed by atoms with Gasteiger partial charge in [-0.15, -0.1) is 10.2 Å². The third-order valence-electron chi connectivity index (χ3n) is 3.12. The van der Waals surface area contributed by atoms with Gasteiger partial charge in [0.2, 0.25) is 11.8 Å². The van der Waals surface area contributed by atoms with Gasteiger partial charge in [0.25, 0.3) is 5.56 Å². The molecule has 102 valence electrons. The van der Waals surface area contributed by atoms with Gasteiger partial charge < -0.3 is 4.42 Å². The van der Waals surface area contributed by atoms with E-state index in [2.05, 4.69) is 10.2 Å². The zero-order chi connectivity index (χ0) is 14.3. The van der Waals surface area contributed by atoms with Crippen molar-refractivity contribution in [3.8, 4) is 6.07 Å². The fourth-order valence-corrected chi connectivity index (χ4v) is 1.99. The van der Waals surface area contributed by atoms with E-state index >= 15 is 0 Å². The van der Waals surface area contributed by atoms with E-state index in [-0.39, 0.29) is 24.0 Å². The number of nitrogens with zero attached hydrogens (tertiary/aromatic N) is 5. The maximum atomic E-state index is 12.3. The molecule has 20 heavy (non-hydrogen) atoms. The Hall–Kier alpha value is -2.69. The zero-order valence-corrected chi connectivity index (χ0v) is 10.7.